The molecule has 1 heterocycles. The Kier molecular flexibility index (Phi) is 6.90. The minimum atomic E-state index is -1.13. The van der Waals surface area contributed by atoms with Gasteiger partial charge < -0.3 is 25.4 Å². The first-order valence-corrected chi connectivity index (χ1v) is 4.13. The molecule has 0 saturated carbocycles. The second-order valence-corrected chi connectivity index (χ2v) is 2.77. The maximum atomic E-state index is 11.0. The van der Waals surface area contributed by atoms with Gasteiger partial charge in [0.25, 0.3) is 0 Å². The molecule has 0 aromatic rings. The second kappa shape index (κ2) is 7.05. The number of hydrogen-bond acceptors (Lipinski definition) is 4. The van der Waals surface area contributed by atoms with Crippen molar-refractivity contribution in [2.24, 2.45) is 0 Å². The number of nitrogens with zero attached hydrogens (tertiary/aromatic N) is 1. The summed E-state index contributed by atoms with van der Waals surface area (Å²) in [6, 6.07) is -0.0877. The summed E-state index contributed by atoms with van der Waals surface area (Å²) in [5.41, 5.74) is 0. The van der Waals surface area contributed by atoms with Gasteiger partial charge in [-0.15, -0.1) is 0 Å². The monoisotopic (exact) mass is 209 g/mol. The summed E-state index contributed by atoms with van der Waals surface area (Å²) >= 11 is 0. The van der Waals surface area contributed by atoms with Crippen LogP contribution in [0.5, 0.6) is 0 Å². The average molecular weight is 209 g/mol. The summed E-state index contributed by atoms with van der Waals surface area (Å²) in [6.07, 6.45) is 0. The van der Waals surface area contributed by atoms with Crippen LogP contribution in [-0.4, -0.2) is 49.6 Å². The predicted molar refractivity (Wildman–Crippen MR) is 42.8 cm³/mol. The molecule has 1 fully saturated rings. The van der Waals surface area contributed by atoms with Gasteiger partial charge in [-0.1, -0.05) is 0 Å². The van der Waals surface area contributed by atoms with E-state index >= 15 is 0 Å². The van der Waals surface area contributed by atoms with Gasteiger partial charge in [0.05, 0.1) is 5.97 Å². The molecule has 0 radical (unpaired) electrons. The maximum absolute atomic E-state index is 11.0. The largest absolute Gasteiger partial charge is 1.00 e. The van der Waals surface area contributed by atoms with Crippen LogP contribution in [0.3, 0.4) is 0 Å². The van der Waals surface area contributed by atoms with Crippen molar-refractivity contribution in [1.82, 2.24) is 15.5 Å². The zero-order chi connectivity index (χ0) is 9.68. The molecule has 1 saturated heterocycles. The fourth-order valence-corrected chi connectivity index (χ4v) is 1.13. The van der Waals surface area contributed by atoms with E-state index in [1.165, 1.54) is 0 Å². The number of rotatable bonds is 5. The Hall–Kier alpha value is -0.300. The summed E-state index contributed by atoms with van der Waals surface area (Å²) in [4.78, 5) is 22.6. The van der Waals surface area contributed by atoms with Crippen molar-refractivity contribution in [3.63, 3.8) is 0 Å². The van der Waals surface area contributed by atoms with Crippen molar-refractivity contribution in [3.05, 3.63) is 0 Å². The van der Waals surface area contributed by atoms with Crippen LogP contribution in [0.1, 0.15) is 0 Å². The molecule has 1 aliphatic heterocycles. The van der Waals surface area contributed by atoms with E-state index in [1.54, 1.807) is 4.90 Å². The molecule has 0 aromatic heterocycles. The summed E-state index contributed by atoms with van der Waals surface area (Å²) < 4.78 is 0. The third-order valence-corrected chi connectivity index (χ3v) is 1.77. The Morgan fingerprint density at radius 3 is 2.86 bits per heavy atom. The molecule has 0 aliphatic carbocycles. The van der Waals surface area contributed by atoms with Crippen molar-refractivity contribution >= 4 is 12.0 Å². The van der Waals surface area contributed by atoms with Crippen LogP contribution >= 0.6 is 0 Å². The molecular formula is C7H12N3NaO3. The molecule has 0 aromatic carbocycles. The molecule has 2 amide bonds. The Morgan fingerprint density at radius 2 is 2.36 bits per heavy atom. The number of nitrogens with one attached hydrogen (secondary N) is 2. The molecule has 1 aliphatic rings. The third-order valence-electron chi connectivity index (χ3n) is 1.77. The average Bonchev–Trinajstić information content (AvgIpc) is 2.45. The Balaban J connectivity index is 0.00000169. The van der Waals surface area contributed by atoms with Gasteiger partial charge in [-0.05, 0) is 0 Å². The van der Waals surface area contributed by atoms with Gasteiger partial charge in [0.1, 0.15) is 0 Å². The van der Waals surface area contributed by atoms with Crippen LogP contribution in [-0.2, 0) is 4.79 Å². The molecule has 74 valence electrons. The van der Waals surface area contributed by atoms with E-state index in [1.807, 2.05) is 0 Å². The molecule has 2 N–H and O–H groups in total. The first kappa shape index (κ1) is 13.7. The summed E-state index contributed by atoms with van der Waals surface area (Å²) in [6.45, 7) is 2.18. The van der Waals surface area contributed by atoms with Crippen molar-refractivity contribution in [3.8, 4) is 0 Å². The van der Waals surface area contributed by atoms with Gasteiger partial charge in [0, 0.05) is 32.7 Å². The number of amides is 2. The van der Waals surface area contributed by atoms with Crippen LogP contribution in [0.25, 0.3) is 0 Å². The molecule has 6 nitrogen and oxygen atoms in total. The standard InChI is InChI=1S/C7H13N3O3.Na/c11-6(12)5-8-1-3-10-4-2-9-7(10)13;/h8H,1-5H2,(H,9,13)(H,11,12);/q;+1/p-1. The third kappa shape index (κ3) is 4.80. The number of urea groups is 1. The fourth-order valence-electron chi connectivity index (χ4n) is 1.13. The Bertz CT molecular complexity index is 212. The number of carbonyl (C=O) groups is 2. The van der Waals surface area contributed by atoms with Gasteiger partial charge in [0.2, 0.25) is 0 Å². The minimum absolute atomic E-state index is 0. The van der Waals surface area contributed by atoms with Gasteiger partial charge in [-0.3, -0.25) is 0 Å². The zero-order valence-corrected chi connectivity index (χ0v) is 10.2. The summed E-state index contributed by atoms with van der Waals surface area (Å²) in [7, 11) is 0. The van der Waals surface area contributed by atoms with E-state index in [0.717, 1.165) is 0 Å². The van der Waals surface area contributed by atoms with Crippen LogP contribution < -0.4 is 45.3 Å². The van der Waals surface area contributed by atoms with Crippen LogP contribution in [0, 0.1) is 0 Å². The number of hydrogen-bond donors (Lipinski definition) is 2. The Labute approximate surface area is 104 Å². The fraction of sp³-hybridized carbons (Fsp3) is 0.714. The summed E-state index contributed by atoms with van der Waals surface area (Å²) in [5, 5.41) is 15.3. The van der Waals surface area contributed by atoms with Crippen LogP contribution in [0.4, 0.5) is 4.79 Å². The van der Waals surface area contributed by atoms with Crippen LogP contribution in [0.15, 0.2) is 0 Å². The molecule has 1 rings (SSSR count). The smallest absolute Gasteiger partial charge is 0.549 e. The first-order chi connectivity index (χ1) is 6.20. The number of carboxylic acid groups (broad SMARTS) is 1. The van der Waals surface area contributed by atoms with E-state index in [2.05, 4.69) is 10.6 Å². The number of aliphatic carboxylic acids is 1. The molecule has 0 spiro atoms. The van der Waals surface area contributed by atoms with Crippen molar-refractivity contribution in [2.45, 2.75) is 0 Å². The summed E-state index contributed by atoms with van der Waals surface area (Å²) in [5.74, 6) is -1.13. The molecule has 14 heavy (non-hydrogen) atoms. The topological polar surface area (TPSA) is 84.5 Å². The second-order valence-electron chi connectivity index (χ2n) is 2.77. The first-order valence-electron chi connectivity index (χ1n) is 4.13. The zero-order valence-electron chi connectivity index (χ0n) is 8.21. The number of carbonyl (C=O) groups excluding carboxylic acids is 2. The van der Waals surface area contributed by atoms with E-state index in [9.17, 15) is 14.7 Å². The van der Waals surface area contributed by atoms with Gasteiger partial charge in [-0.25, -0.2) is 4.79 Å². The van der Waals surface area contributed by atoms with Gasteiger partial charge >= 0.3 is 35.6 Å². The van der Waals surface area contributed by atoms with Crippen molar-refractivity contribution in [2.75, 3.05) is 32.7 Å². The van der Waals surface area contributed by atoms with Gasteiger partial charge in [0.15, 0.2) is 0 Å². The molecule has 0 bridgehead atoms. The van der Waals surface area contributed by atoms with E-state index in [0.29, 0.717) is 26.2 Å². The van der Waals surface area contributed by atoms with Crippen molar-refractivity contribution in [1.29, 1.82) is 0 Å². The van der Waals surface area contributed by atoms with E-state index in [4.69, 9.17) is 0 Å². The SMILES string of the molecule is O=C([O-])CNCCN1CCNC1=O.[Na+]. The molecule has 0 unspecified atom stereocenters. The minimum Gasteiger partial charge on any atom is -0.549 e. The van der Waals surface area contributed by atoms with Gasteiger partial charge in [-0.2, -0.15) is 0 Å². The molecular weight excluding hydrogens is 197 g/mol. The maximum Gasteiger partial charge on any atom is 1.00 e. The number of carboxylic acids is 1. The van der Waals surface area contributed by atoms with E-state index in [-0.39, 0.29) is 42.1 Å². The van der Waals surface area contributed by atoms with Crippen molar-refractivity contribution < 1.29 is 44.3 Å². The van der Waals surface area contributed by atoms with Crippen LogP contribution in [0.2, 0.25) is 0 Å². The molecule has 7 heteroatoms. The Morgan fingerprint density at radius 1 is 1.64 bits per heavy atom. The normalized spacial score (nSPS) is 14.9. The predicted octanol–water partition coefficient (Wildman–Crippen LogP) is -5.64. The molecule has 0 atom stereocenters. The van der Waals surface area contributed by atoms with E-state index < -0.39 is 5.97 Å². The quantitative estimate of drug-likeness (QED) is 0.349.